The smallest absolute Gasteiger partial charge is 0.127 e. The second-order valence-electron chi connectivity index (χ2n) is 6.06. The lowest BCUT2D eigenvalue weighted by Gasteiger charge is -2.19. The van der Waals surface area contributed by atoms with E-state index in [1.807, 2.05) is 0 Å². The van der Waals surface area contributed by atoms with Crippen molar-refractivity contribution in [2.45, 2.75) is 70.8 Å². The second-order valence-corrected chi connectivity index (χ2v) is 6.06. The molecule has 1 aromatic rings. The van der Waals surface area contributed by atoms with Crippen LogP contribution >= 0.6 is 0 Å². The molecule has 0 saturated carbocycles. The summed E-state index contributed by atoms with van der Waals surface area (Å²) in [5.74, 6) is 6.85. The molecule has 0 aliphatic carbocycles. The van der Waals surface area contributed by atoms with Crippen molar-refractivity contribution in [3.05, 3.63) is 29.3 Å². The second kappa shape index (κ2) is 9.06. The van der Waals surface area contributed by atoms with Crippen LogP contribution in [-0.4, -0.2) is 6.61 Å². The predicted molar refractivity (Wildman–Crippen MR) is 88.3 cm³/mol. The largest absolute Gasteiger partial charge is 0.493 e. The van der Waals surface area contributed by atoms with Crippen molar-refractivity contribution in [2.24, 2.45) is 5.84 Å². The zero-order chi connectivity index (χ0) is 14.9. The first-order chi connectivity index (χ1) is 10.4. The number of para-hydroxylation sites is 1. The van der Waals surface area contributed by atoms with Gasteiger partial charge in [0.15, 0.2) is 0 Å². The third-order valence-corrected chi connectivity index (χ3v) is 4.42. The molecule has 3 nitrogen and oxygen atoms in total. The van der Waals surface area contributed by atoms with Crippen LogP contribution in [0.25, 0.3) is 0 Å². The zero-order valence-electron chi connectivity index (χ0n) is 13.4. The van der Waals surface area contributed by atoms with Crippen LogP contribution in [0.4, 0.5) is 0 Å². The Morgan fingerprint density at radius 2 is 1.90 bits per heavy atom. The van der Waals surface area contributed by atoms with E-state index in [4.69, 9.17) is 10.6 Å². The van der Waals surface area contributed by atoms with Gasteiger partial charge in [-0.15, -0.1) is 0 Å². The molecule has 0 aromatic heterocycles. The summed E-state index contributed by atoms with van der Waals surface area (Å²) in [5, 5.41) is 0. The van der Waals surface area contributed by atoms with Crippen molar-refractivity contribution in [1.29, 1.82) is 0 Å². The summed E-state index contributed by atoms with van der Waals surface area (Å²) < 4.78 is 5.79. The highest BCUT2D eigenvalue weighted by molar-refractivity contribution is 5.45. The van der Waals surface area contributed by atoms with Gasteiger partial charge in [-0.25, -0.2) is 0 Å². The van der Waals surface area contributed by atoms with Crippen molar-refractivity contribution >= 4 is 0 Å². The first kappa shape index (κ1) is 16.3. The molecule has 1 aliphatic heterocycles. The van der Waals surface area contributed by atoms with Crippen LogP contribution in [0, 0.1) is 0 Å². The third kappa shape index (κ3) is 4.72. The average molecular weight is 290 g/mol. The van der Waals surface area contributed by atoms with Gasteiger partial charge in [0.05, 0.1) is 6.61 Å². The van der Waals surface area contributed by atoms with Gasteiger partial charge in [-0.2, -0.15) is 0 Å². The minimum absolute atomic E-state index is 0.216. The van der Waals surface area contributed by atoms with Gasteiger partial charge in [0.2, 0.25) is 0 Å². The number of ether oxygens (including phenoxy) is 1. The van der Waals surface area contributed by atoms with Crippen molar-refractivity contribution in [3.63, 3.8) is 0 Å². The normalized spacial score (nSPS) is 14.8. The number of nitrogens with two attached hydrogens (primary N) is 1. The van der Waals surface area contributed by atoms with Crippen molar-refractivity contribution in [3.8, 4) is 5.75 Å². The van der Waals surface area contributed by atoms with Crippen molar-refractivity contribution in [1.82, 2.24) is 5.43 Å². The number of unbranched alkanes of at least 4 members (excludes halogenated alkanes) is 6. The maximum absolute atomic E-state index is 5.79. The summed E-state index contributed by atoms with van der Waals surface area (Å²) in [5.41, 5.74) is 5.54. The van der Waals surface area contributed by atoms with E-state index < -0.39 is 0 Å². The average Bonchev–Trinajstić information content (AvgIpc) is 2.99. The molecule has 2 rings (SSSR count). The van der Waals surface area contributed by atoms with Gasteiger partial charge >= 0.3 is 0 Å². The molecule has 118 valence electrons. The number of hydrogen-bond acceptors (Lipinski definition) is 3. The molecule has 1 aromatic carbocycles. The number of rotatable bonds is 10. The van der Waals surface area contributed by atoms with Crippen LogP contribution in [0.5, 0.6) is 5.75 Å². The Labute approximate surface area is 129 Å². The molecular formula is C18H30N2O. The van der Waals surface area contributed by atoms with E-state index in [2.05, 4.69) is 30.5 Å². The highest BCUT2D eigenvalue weighted by atomic mass is 16.5. The Morgan fingerprint density at radius 3 is 2.67 bits per heavy atom. The summed E-state index contributed by atoms with van der Waals surface area (Å²) >= 11 is 0. The quantitative estimate of drug-likeness (QED) is 0.384. The van der Waals surface area contributed by atoms with Gasteiger partial charge in [-0.1, -0.05) is 70.1 Å². The summed E-state index contributed by atoms with van der Waals surface area (Å²) in [6, 6.07) is 6.65. The Kier molecular flexibility index (Phi) is 7.04. The maximum Gasteiger partial charge on any atom is 0.127 e. The van der Waals surface area contributed by atoms with Crippen LogP contribution in [0.1, 0.15) is 75.5 Å². The first-order valence-corrected chi connectivity index (χ1v) is 8.57. The van der Waals surface area contributed by atoms with Crippen LogP contribution in [0.2, 0.25) is 0 Å². The number of fused-ring (bicyclic) bond motifs is 1. The lowest BCUT2D eigenvalue weighted by Crippen LogP contribution is -2.28. The molecule has 3 heteroatoms. The predicted octanol–water partition coefficient (Wildman–Crippen LogP) is 4.27. The van der Waals surface area contributed by atoms with E-state index in [0.717, 1.165) is 25.2 Å². The van der Waals surface area contributed by atoms with Crippen LogP contribution in [0.3, 0.4) is 0 Å². The van der Waals surface area contributed by atoms with Gasteiger partial charge in [0.1, 0.15) is 5.75 Å². The summed E-state index contributed by atoms with van der Waals surface area (Å²) in [6.45, 7) is 3.07. The standard InChI is InChI=1S/C18H30N2O/c1-2-3-4-5-6-7-8-12-17(20-19)16-11-9-10-15-13-14-21-18(15)16/h9-11,17,20H,2-8,12-14,19H2,1H3. The van der Waals surface area contributed by atoms with E-state index in [0.29, 0.717) is 0 Å². The van der Waals surface area contributed by atoms with Gasteiger partial charge < -0.3 is 4.74 Å². The SMILES string of the molecule is CCCCCCCCCC(NN)c1cccc2c1OCC2. The molecule has 3 N–H and O–H groups in total. The van der Waals surface area contributed by atoms with E-state index >= 15 is 0 Å². The molecule has 1 atom stereocenters. The van der Waals surface area contributed by atoms with Crippen LogP contribution < -0.4 is 16.0 Å². The Morgan fingerprint density at radius 1 is 1.14 bits per heavy atom. The molecule has 1 heterocycles. The Bertz CT molecular complexity index is 420. The van der Waals surface area contributed by atoms with Crippen molar-refractivity contribution < 1.29 is 4.74 Å². The summed E-state index contributed by atoms with van der Waals surface area (Å²) in [4.78, 5) is 0. The van der Waals surface area contributed by atoms with E-state index in [9.17, 15) is 0 Å². The lowest BCUT2D eigenvalue weighted by atomic mass is 9.97. The van der Waals surface area contributed by atoms with Crippen LogP contribution in [-0.2, 0) is 6.42 Å². The number of nitrogens with one attached hydrogen (secondary N) is 1. The maximum atomic E-state index is 5.79. The minimum Gasteiger partial charge on any atom is -0.493 e. The fourth-order valence-electron chi connectivity index (χ4n) is 3.15. The van der Waals surface area contributed by atoms with Crippen molar-refractivity contribution in [2.75, 3.05) is 6.61 Å². The van der Waals surface area contributed by atoms with Gasteiger partial charge in [-0.3, -0.25) is 11.3 Å². The highest BCUT2D eigenvalue weighted by Gasteiger charge is 2.20. The summed E-state index contributed by atoms with van der Waals surface area (Å²) in [7, 11) is 0. The highest BCUT2D eigenvalue weighted by Crippen LogP contribution is 2.35. The molecule has 0 bridgehead atoms. The molecular weight excluding hydrogens is 260 g/mol. The molecule has 0 radical (unpaired) electrons. The van der Waals surface area contributed by atoms with Gasteiger partial charge in [-0.05, 0) is 12.0 Å². The number of benzene rings is 1. The fraction of sp³-hybridized carbons (Fsp3) is 0.667. The molecule has 0 saturated heterocycles. The molecule has 1 unspecified atom stereocenters. The molecule has 21 heavy (non-hydrogen) atoms. The Hall–Kier alpha value is -1.06. The minimum atomic E-state index is 0.216. The lowest BCUT2D eigenvalue weighted by molar-refractivity contribution is 0.346. The fourth-order valence-corrected chi connectivity index (χ4v) is 3.15. The molecule has 0 spiro atoms. The Balaban J connectivity index is 1.77. The zero-order valence-corrected chi connectivity index (χ0v) is 13.4. The third-order valence-electron chi connectivity index (χ3n) is 4.42. The van der Waals surface area contributed by atoms with E-state index in [1.165, 1.54) is 56.1 Å². The number of hydrogen-bond donors (Lipinski definition) is 2. The van der Waals surface area contributed by atoms with E-state index in [-0.39, 0.29) is 6.04 Å². The molecule has 1 aliphatic rings. The molecule has 0 fully saturated rings. The monoisotopic (exact) mass is 290 g/mol. The molecule has 0 amide bonds. The topological polar surface area (TPSA) is 47.3 Å². The van der Waals surface area contributed by atoms with Crippen LogP contribution in [0.15, 0.2) is 18.2 Å². The van der Waals surface area contributed by atoms with Gasteiger partial charge in [0.25, 0.3) is 0 Å². The first-order valence-electron chi connectivity index (χ1n) is 8.57. The van der Waals surface area contributed by atoms with Gasteiger partial charge in [0, 0.05) is 18.0 Å². The summed E-state index contributed by atoms with van der Waals surface area (Å²) in [6.07, 6.45) is 11.4. The number of hydrazine groups is 1. The van der Waals surface area contributed by atoms with E-state index in [1.54, 1.807) is 0 Å².